The molecule has 0 saturated carbocycles. The second kappa shape index (κ2) is 6.14. The number of rotatable bonds is 4. The Morgan fingerprint density at radius 3 is 2.39 bits per heavy atom. The summed E-state index contributed by atoms with van der Waals surface area (Å²) in [6.45, 7) is 0.239. The van der Waals surface area contributed by atoms with Gasteiger partial charge in [0.25, 0.3) is 0 Å². The van der Waals surface area contributed by atoms with Gasteiger partial charge in [-0.25, -0.2) is 8.42 Å². The molecule has 1 unspecified atom stereocenters. The van der Waals surface area contributed by atoms with Crippen LogP contribution >= 0.6 is 0 Å². The fourth-order valence-corrected chi connectivity index (χ4v) is 4.82. The van der Waals surface area contributed by atoms with Crippen molar-refractivity contribution in [3.8, 4) is 11.1 Å². The highest BCUT2D eigenvalue weighted by Gasteiger charge is 2.40. The van der Waals surface area contributed by atoms with Crippen LogP contribution in [0.4, 0.5) is 0 Å². The van der Waals surface area contributed by atoms with E-state index in [-0.39, 0.29) is 11.4 Å². The molecule has 1 N–H and O–H groups in total. The SMILES string of the molecule is O=C(O)C1CCCN1S(=O)(=O)c1ccccc1-c1ccccc1. The summed E-state index contributed by atoms with van der Waals surface area (Å²) in [5.41, 5.74) is 1.38. The quantitative estimate of drug-likeness (QED) is 0.934. The Kier molecular flexibility index (Phi) is 4.19. The zero-order valence-corrected chi connectivity index (χ0v) is 13.2. The molecule has 2 aromatic rings. The molecule has 1 fully saturated rings. The number of benzene rings is 2. The third-order valence-electron chi connectivity index (χ3n) is 4.05. The molecule has 0 aromatic heterocycles. The highest BCUT2D eigenvalue weighted by atomic mass is 32.2. The van der Waals surface area contributed by atoms with Gasteiger partial charge < -0.3 is 5.11 Å². The van der Waals surface area contributed by atoms with Crippen molar-refractivity contribution >= 4 is 16.0 Å². The first-order valence-electron chi connectivity index (χ1n) is 7.41. The Morgan fingerprint density at radius 1 is 1.04 bits per heavy atom. The molecule has 0 radical (unpaired) electrons. The van der Waals surface area contributed by atoms with Gasteiger partial charge in [0.15, 0.2) is 0 Å². The van der Waals surface area contributed by atoms with Crippen molar-refractivity contribution in [2.45, 2.75) is 23.8 Å². The second-order valence-electron chi connectivity index (χ2n) is 5.47. The topological polar surface area (TPSA) is 74.7 Å². The van der Waals surface area contributed by atoms with Gasteiger partial charge in [0.05, 0.1) is 4.90 Å². The number of carboxylic acids is 1. The zero-order valence-electron chi connectivity index (χ0n) is 12.4. The Labute approximate surface area is 135 Å². The lowest BCUT2D eigenvalue weighted by atomic mass is 10.1. The maximum absolute atomic E-state index is 13.0. The van der Waals surface area contributed by atoms with Crippen LogP contribution in [0.1, 0.15) is 12.8 Å². The van der Waals surface area contributed by atoms with E-state index in [0.717, 1.165) is 9.87 Å². The Balaban J connectivity index is 2.10. The molecule has 0 amide bonds. The maximum atomic E-state index is 13.0. The van der Waals surface area contributed by atoms with E-state index in [2.05, 4.69) is 0 Å². The van der Waals surface area contributed by atoms with E-state index in [0.29, 0.717) is 18.4 Å². The van der Waals surface area contributed by atoms with Crippen LogP contribution in [0.3, 0.4) is 0 Å². The molecule has 120 valence electrons. The summed E-state index contributed by atoms with van der Waals surface area (Å²) in [6.07, 6.45) is 0.908. The summed E-state index contributed by atoms with van der Waals surface area (Å²) in [7, 11) is -3.86. The average Bonchev–Trinajstić information content (AvgIpc) is 3.06. The molecular formula is C17H17NO4S. The zero-order chi connectivity index (χ0) is 16.4. The fraction of sp³-hybridized carbons (Fsp3) is 0.235. The predicted molar refractivity (Wildman–Crippen MR) is 86.4 cm³/mol. The Bertz CT molecular complexity index is 817. The summed E-state index contributed by atoms with van der Waals surface area (Å²) in [6, 6.07) is 15.0. The number of carboxylic acid groups (broad SMARTS) is 1. The first kappa shape index (κ1) is 15.7. The van der Waals surface area contributed by atoms with Crippen LogP contribution in [0.5, 0.6) is 0 Å². The van der Waals surface area contributed by atoms with Gasteiger partial charge in [-0.1, -0.05) is 48.5 Å². The normalized spacial score (nSPS) is 18.9. The molecular weight excluding hydrogens is 314 g/mol. The van der Waals surface area contributed by atoms with Crippen molar-refractivity contribution < 1.29 is 18.3 Å². The number of hydrogen-bond donors (Lipinski definition) is 1. The smallest absolute Gasteiger partial charge is 0.322 e. The minimum absolute atomic E-state index is 0.152. The number of nitrogens with zero attached hydrogens (tertiary/aromatic N) is 1. The molecule has 0 spiro atoms. The summed E-state index contributed by atoms with van der Waals surface area (Å²) >= 11 is 0. The van der Waals surface area contributed by atoms with Crippen LogP contribution in [0.2, 0.25) is 0 Å². The van der Waals surface area contributed by atoms with Crippen molar-refractivity contribution in [3.63, 3.8) is 0 Å². The minimum atomic E-state index is -3.86. The molecule has 6 heteroatoms. The second-order valence-corrected chi connectivity index (χ2v) is 7.33. The molecule has 1 heterocycles. The molecule has 1 aliphatic rings. The van der Waals surface area contributed by atoms with Crippen molar-refractivity contribution in [2.75, 3.05) is 6.54 Å². The molecule has 2 aromatic carbocycles. The largest absolute Gasteiger partial charge is 0.480 e. The lowest BCUT2D eigenvalue weighted by molar-refractivity contribution is -0.140. The highest BCUT2D eigenvalue weighted by Crippen LogP contribution is 2.32. The van der Waals surface area contributed by atoms with Gasteiger partial charge >= 0.3 is 5.97 Å². The maximum Gasteiger partial charge on any atom is 0.322 e. The number of carbonyl (C=O) groups is 1. The number of sulfonamides is 1. The summed E-state index contributed by atoms with van der Waals surface area (Å²) in [5, 5.41) is 9.27. The summed E-state index contributed by atoms with van der Waals surface area (Å²) in [4.78, 5) is 11.5. The van der Waals surface area contributed by atoms with Crippen LogP contribution in [0.15, 0.2) is 59.5 Å². The van der Waals surface area contributed by atoms with Crippen LogP contribution in [-0.2, 0) is 14.8 Å². The van der Waals surface area contributed by atoms with E-state index in [9.17, 15) is 18.3 Å². The minimum Gasteiger partial charge on any atom is -0.480 e. The third kappa shape index (κ3) is 2.87. The monoisotopic (exact) mass is 331 g/mol. The molecule has 0 aliphatic carbocycles. The van der Waals surface area contributed by atoms with Crippen molar-refractivity contribution in [2.24, 2.45) is 0 Å². The standard InChI is InChI=1S/C17H17NO4S/c19-17(20)15-10-6-12-18(15)23(21,22)16-11-5-4-9-14(16)13-7-2-1-3-8-13/h1-5,7-9,11,15H,6,10,12H2,(H,19,20). The third-order valence-corrected chi connectivity index (χ3v) is 6.01. The van der Waals surface area contributed by atoms with Gasteiger partial charge in [-0.05, 0) is 24.5 Å². The van der Waals surface area contributed by atoms with Crippen molar-refractivity contribution in [1.29, 1.82) is 0 Å². The molecule has 0 bridgehead atoms. The van der Waals surface area contributed by atoms with Gasteiger partial charge in [0.1, 0.15) is 6.04 Å². The fourth-order valence-electron chi connectivity index (χ4n) is 2.95. The predicted octanol–water partition coefficient (Wildman–Crippen LogP) is 2.59. The Morgan fingerprint density at radius 2 is 1.70 bits per heavy atom. The lowest BCUT2D eigenvalue weighted by Crippen LogP contribution is -2.40. The lowest BCUT2D eigenvalue weighted by Gasteiger charge is -2.22. The van der Waals surface area contributed by atoms with Gasteiger partial charge in [-0.15, -0.1) is 0 Å². The highest BCUT2D eigenvalue weighted by molar-refractivity contribution is 7.89. The van der Waals surface area contributed by atoms with Crippen molar-refractivity contribution in [3.05, 3.63) is 54.6 Å². The van der Waals surface area contributed by atoms with E-state index >= 15 is 0 Å². The Hall–Kier alpha value is -2.18. The van der Waals surface area contributed by atoms with E-state index in [1.54, 1.807) is 18.2 Å². The summed E-state index contributed by atoms with van der Waals surface area (Å²) in [5.74, 6) is -1.09. The average molecular weight is 331 g/mol. The van der Waals surface area contributed by atoms with E-state index in [1.165, 1.54) is 6.07 Å². The van der Waals surface area contributed by atoms with Gasteiger partial charge in [-0.3, -0.25) is 4.79 Å². The number of aliphatic carboxylic acids is 1. The van der Waals surface area contributed by atoms with Crippen molar-refractivity contribution in [1.82, 2.24) is 4.31 Å². The van der Waals surface area contributed by atoms with E-state index in [1.807, 2.05) is 30.3 Å². The van der Waals surface area contributed by atoms with Crippen LogP contribution in [0, 0.1) is 0 Å². The van der Waals surface area contributed by atoms with Gasteiger partial charge in [0.2, 0.25) is 10.0 Å². The van der Waals surface area contributed by atoms with Gasteiger partial charge in [0, 0.05) is 12.1 Å². The molecule has 1 aliphatic heterocycles. The summed E-state index contributed by atoms with van der Waals surface area (Å²) < 4.78 is 27.1. The molecule has 3 rings (SSSR count). The van der Waals surface area contributed by atoms with E-state index < -0.39 is 22.0 Å². The molecule has 1 atom stereocenters. The molecule has 23 heavy (non-hydrogen) atoms. The number of hydrogen-bond acceptors (Lipinski definition) is 3. The first-order valence-corrected chi connectivity index (χ1v) is 8.85. The molecule has 1 saturated heterocycles. The van der Waals surface area contributed by atoms with Crippen LogP contribution < -0.4 is 0 Å². The van der Waals surface area contributed by atoms with Gasteiger partial charge in [-0.2, -0.15) is 4.31 Å². The first-order chi connectivity index (χ1) is 11.0. The van der Waals surface area contributed by atoms with Crippen LogP contribution in [-0.4, -0.2) is 36.4 Å². The van der Waals surface area contributed by atoms with E-state index in [4.69, 9.17) is 0 Å². The van der Waals surface area contributed by atoms with Crippen LogP contribution in [0.25, 0.3) is 11.1 Å². The molecule has 5 nitrogen and oxygen atoms in total.